The fourth-order valence-electron chi connectivity index (χ4n) is 2.27. The highest BCUT2D eigenvalue weighted by atomic mass is 32.2. The zero-order chi connectivity index (χ0) is 10.3. The summed E-state index contributed by atoms with van der Waals surface area (Å²) >= 11 is 1.94. The maximum atomic E-state index is 9.77. The van der Waals surface area contributed by atoms with Crippen LogP contribution in [-0.2, 0) is 6.42 Å². The van der Waals surface area contributed by atoms with Gasteiger partial charge in [0.25, 0.3) is 0 Å². The van der Waals surface area contributed by atoms with E-state index in [-0.39, 0.29) is 0 Å². The molecule has 1 aromatic heterocycles. The fourth-order valence-corrected chi connectivity index (χ4v) is 3.47. The number of nitrogens with zero attached hydrogens (tertiary/aromatic N) is 3. The third kappa shape index (κ3) is 1.67. The Morgan fingerprint density at radius 1 is 1.33 bits per heavy atom. The van der Waals surface area contributed by atoms with Crippen molar-refractivity contribution < 1.29 is 5.11 Å². The number of aliphatic hydroxyl groups excluding tert-OH is 1. The normalized spacial score (nSPS) is 30.5. The van der Waals surface area contributed by atoms with Crippen molar-refractivity contribution in [3.63, 3.8) is 0 Å². The number of hydrogen-bond donors (Lipinski definition) is 1. The molecule has 1 N–H and O–H groups in total. The molecule has 0 amide bonds. The molecule has 5 heteroatoms. The van der Waals surface area contributed by atoms with Crippen molar-refractivity contribution in [2.24, 2.45) is 0 Å². The van der Waals surface area contributed by atoms with E-state index in [4.69, 9.17) is 0 Å². The largest absolute Gasteiger partial charge is 0.372 e. The Bertz CT molecular complexity index is 360. The molecule has 2 aliphatic heterocycles. The van der Waals surface area contributed by atoms with Gasteiger partial charge < -0.3 is 5.11 Å². The second-order valence-electron chi connectivity index (χ2n) is 4.21. The summed E-state index contributed by atoms with van der Waals surface area (Å²) in [5.41, 5.74) is 0. The molecular weight excluding hydrogens is 210 g/mol. The van der Waals surface area contributed by atoms with Crippen LogP contribution in [-0.4, -0.2) is 25.6 Å². The van der Waals surface area contributed by atoms with Gasteiger partial charge in [0.2, 0.25) is 0 Å². The summed E-state index contributed by atoms with van der Waals surface area (Å²) in [4.78, 5) is 4.55. The SMILES string of the molecule is OC1CCCc2nc(C3CCCS3)nn21. The number of fused-ring (bicyclic) bond motifs is 1. The maximum Gasteiger partial charge on any atom is 0.163 e. The molecule has 4 nitrogen and oxygen atoms in total. The Kier molecular flexibility index (Phi) is 2.44. The molecule has 15 heavy (non-hydrogen) atoms. The minimum Gasteiger partial charge on any atom is -0.372 e. The van der Waals surface area contributed by atoms with Crippen molar-refractivity contribution in [2.45, 2.75) is 43.6 Å². The van der Waals surface area contributed by atoms with E-state index in [1.165, 1.54) is 18.6 Å². The van der Waals surface area contributed by atoms with E-state index in [2.05, 4.69) is 10.1 Å². The first-order chi connectivity index (χ1) is 7.34. The molecule has 0 bridgehead atoms. The predicted octanol–water partition coefficient (Wildman–Crippen LogP) is 1.67. The summed E-state index contributed by atoms with van der Waals surface area (Å²) < 4.78 is 1.72. The van der Waals surface area contributed by atoms with Crippen LogP contribution < -0.4 is 0 Å². The Balaban J connectivity index is 1.90. The summed E-state index contributed by atoms with van der Waals surface area (Å²) in [6.07, 6.45) is 4.81. The Morgan fingerprint density at radius 2 is 2.27 bits per heavy atom. The lowest BCUT2D eigenvalue weighted by molar-refractivity contribution is 0.0643. The van der Waals surface area contributed by atoms with E-state index in [9.17, 15) is 5.11 Å². The van der Waals surface area contributed by atoms with E-state index in [1.54, 1.807) is 4.68 Å². The Morgan fingerprint density at radius 3 is 3.00 bits per heavy atom. The smallest absolute Gasteiger partial charge is 0.163 e. The molecule has 82 valence electrons. The molecule has 0 radical (unpaired) electrons. The van der Waals surface area contributed by atoms with Gasteiger partial charge in [-0.2, -0.15) is 16.9 Å². The van der Waals surface area contributed by atoms with Crippen molar-refractivity contribution in [2.75, 3.05) is 5.75 Å². The number of rotatable bonds is 1. The first-order valence-corrected chi connectivity index (χ1v) is 6.64. The third-order valence-electron chi connectivity index (χ3n) is 3.08. The molecule has 3 rings (SSSR count). The first-order valence-electron chi connectivity index (χ1n) is 5.59. The van der Waals surface area contributed by atoms with Crippen molar-refractivity contribution >= 4 is 11.8 Å². The van der Waals surface area contributed by atoms with Gasteiger partial charge in [-0.3, -0.25) is 0 Å². The Hall–Kier alpha value is -0.550. The molecule has 0 aliphatic carbocycles. The lowest BCUT2D eigenvalue weighted by atomic mass is 10.1. The predicted molar refractivity (Wildman–Crippen MR) is 58.6 cm³/mol. The number of thioether (sulfide) groups is 1. The van der Waals surface area contributed by atoms with Gasteiger partial charge in [-0.05, 0) is 31.4 Å². The zero-order valence-electron chi connectivity index (χ0n) is 8.59. The van der Waals surface area contributed by atoms with Crippen LogP contribution in [0.2, 0.25) is 0 Å². The molecular formula is C10H15N3OS. The van der Waals surface area contributed by atoms with Gasteiger partial charge in [0, 0.05) is 6.42 Å². The average Bonchev–Trinajstić information content (AvgIpc) is 2.86. The molecule has 0 aromatic carbocycles. The van der Waals surface area contributed by atoms with Crippen molar-refractivity contribution in [1.82, 2.24) is 14.8 Å². The molecule has 1 aromatic rings. The molecule has 1 saturated heterocycles. The molecule has 0 saturated carbocycles. The Labute approximate surface area is 93.1 Å². The fraction of sp³-hybridized carbons (Fsp3) is 0.800. The molecule has 2 atom stereocenters. The standard InChI is InChI=1S/C10H15N3OS/c14-9-5-1-4-8-11-10(12-13(8)9)7-3-2-6-15-7/h7,9,14H,1-6H2. The van der Waals surface area contributed by atoms with E-state index in [1.807, 2.05) is 11.8 Å². The molecule has 1 fully saturated rings. The van der Waals surface area contributed by atoms with Crippen LogP contribution in [0.3, 0.4) is 0 Å². The zero-order valence-corrected chi connectivity index (χ0v) is 9.41. The maximum absolute atomic E-state index is 9.77. The van der Waals surface area contributed by atoms with E-state index >= 15 is 0 Å². The van der Waals surface area contributed by atoms with Gasteiger partial charge in [-0.15, -0.1) is 0 Å². The molecule has 2 aliphatic rings. The second kappa shape index (κ2) is 3.79. The minimum atomic E-state index is -0.443. The summed E-state index contributed by atoms with van der Waals surface area (Å²) in [6.45, 7) is 0. The lowest BCUT2D eigenvalue weighted by Crippen LogP contribution is -2.18. The quantitative estimate of drug-likeness (QED) is 0.790. The molecule has 3 heterocycles. The van der Waals surface area contributed by atoms with Crippen LogP contribution in [0.1, 0.15) is 48.8 Å². The van der Waals surface area contributed by atoms with E-state index in [0.717, 1.165) is 30.9 Å². The van der Waals surface area contributed by atoms with Crippen LogP contribution in [0.25, 0.3) is 0 Å². The first kappa shape index (κ1) is 9.66. The van der Waals surface area contributed by atoms with Gasteiger partial charge in [-0.1, -0.05) is 0 Å². The van der Waals surface area contributed by atoms with Gasteiger partial charge in [0.1, 0.15) is 12.1 Å². The van der Waals surface area contributed by atoms with E-state index in [0.29, 0.717) is 5.25 Å². The van der Waals surface area contributed by atoms with Crippen molar-refractivity contribution in [3.05, 3.63) is 11.6 Å². The average molecular weight is 225 g/mol. The summed E-state index contributed by atoms with van der Waals surface area (Å²) in [7, 11) is 0. The molecule has 2 unspecified atom stereocenters. The van der Waals surface area contributed by atoms with Crippen molar-refractivity contribution in [1.29, 1.82) is 0 Å². The number of aromatic nitrogens is 3. The van der Waals surface area contributed by atoms with Crippen LogP contribution in [0.4, 0.5) is 0 Å². The van der Waals surface area contributed by atoms with Gasteiger partial charge >= 0.3 is 0 Å². The molecule has 0 spiro atoms. The number of aliphatic hydroxyl groups is 1. The summed E-state index contributed by atoms with van der Waals surface area (Å²) in [5, 5.41) is 14.7. The highest BCUT2D eigenvalue weighted by molar-refractivity contribution is 7.99. The topological polar surface area (TPSA) is 50.9 Å². The van der Waals surface area contributed by atoms with E-state index < -0.39 is 6.23 Å². The monoisotopic (exact) mass is 225 g/mol. The minimum absolute atomic E-state index is 0.443. The summed E-state index contributed by atoms with van der Waals surface area (Å²) in [6, 6.07) is 0. The van der Waals surface area contributed by atoms with Gasteiger partial charge in [0.15, 0.2) is 5.82 Å². The van der Waals surface area contributed by atoms with Crippen LogP contribution >= 0.6 is 11.8 Å². The highest BCUT2D eigenvalue weighted by Crippen LogP contribution is 2.38. The summed E-state index contributed by atoms with van der Waals surface area (Å²) in [5.74, 6) is 3.13. The van der Waals surface area contributed by atoms with Gasteiger partial charge in [0.05, 0.1) is 5.25 Å². The second-order valence-corrected chi connectivity index (χ2v) is 5.52. The lowest BCUT2D eigenvalue weighted by Gasteiger charge is -2.17. The van der Waals surface area contributed by atoms with Crippen LogP contribution in [0, 0.1) is 0 Å². The number of hydrogen-bond acceptors (Lipinski definition) is 4. The van der Waals surface area contributed by atoms with Crippen molar-refractivity contribution in [3.8, 4) is 0 Å². The van der Waals surface area contributed by atoms with Crippen LogP contribution in [0.15, 0.2) is 0 Å². The highest BCUT2D eigenvalue weighted by Gasteiger charge is 2.26. The number of aryl methyl sites for hydroxylation is 1. The van der Waals surface area contributed by atoms with Crippen LogP contribution in [0.5, 0.6) is 0 Å². The van der Waals surface area contributed by atoms with Gasteiger partial charge in [-0.25, -0.2) is 9.67 Å². The third-order valence-corrected chi connectivity index (χ3v) is 4.45.